The van der Waals surface area contributed by atoms with Crippen molar-refractivity contribution in [3.05, 3.63) is 47.5 Å². The van der Waals surface area contributed by atoms with E-state index >= 15 is 0 Å². The van der Waals surface area contributed by atoms with Gasteiger partial charge in [-0.25, -0.2) is 0 Å². The van der Waals surface area contributed by atoms with Gasteiger partial charge in [-0.15, -0.1) is 6.58 Å². The molecule has 0 aliphatic rings. The van der Waals surface area contributed by atoms with Crippen LogP contribution < -0.4 is 5.32 Å². The van der Waals surface area contributed by atoms with Crippen LogP contribution in [0.25, 0.3) is 0 Å². The van der Waals surface area contributed by atoms with Crippen LogP contribution in [0.1, 0.15) is 23.6 Å². The fraction of sp³-hybridized carbons (Fsp3) is 0.429. The summed E-state index contributed by atoms with van der Waals surface area (Å²) in [5.74, 6) is 0. The Hall–Kier alpha value is -1.08. The lowest BCUT2D eigenvalue weighted by Crippen LogP contribution is -2.28. The van der Waals surface area contributed by atoms with Crippen molar-refractivity contribution in [1.82, 2.24) is 5.32 Å². The number of likely N-dealkylation sites (N-methyl/N-ethyl adjacent to an activating group) is 1. The smallest absolute Gasteiger partial charge is 0.0287 e. The summed E-state index contributed by atoms with van der Waals surface area (Å²) in [6, 6.07) is 7.00. The second kappa shape index (κ2) is 5.72. The minimum Gasteiger partial charge on any atom is -0.310 e. The monoisotopic (exact) mass is 203 g/mol. The maximum atomic E-state index is 3.87. The molecule has 0 spiro atoms. The molecule has 1 heteroatoms. The van der Waals surface area contributed by atoms with Gasteiger partial charge in [0.25, 0.3) is 0 Å². The number of hydrogen-bond donors (Lipinski definition) is 1. The lowest BCUT2D eigenvalue weighted by molar-refractivity contribution is 0.612. The Balaban J connectivity index is 2.77. The topological polar surface area (TPSA) is 12.0 Å². The van der Waals surface area contributed by atoms with Crippen molar-refractivity contribution >= 4 is 0 Å². The second-order valence-electron chi connectivity index (χ2n) is 4.03. The van der Waals surface area contributed by atoms with Gasteiger partial charge in [0.1, 0.15) is 0 Å². The molecule has 15 heavy (non-hydrogen) atoms. The summed E-state index contributed by atoms with van der Waals surface area (Å²) in [6.45, 7) is 11.3. The highest BCUT2D eigenvalue weighted by Crippen LogP contribution is 2.13. The Morgan fingerprint density at radius 2 is 2.13 bits per heavy atom. The van der Waals surface area contributed by atoms with Crippen molar-refractivity contribution in [3.8, 4) is 0 Å². The molecule has 1 N–H and O–H groups in total. The van der Waals surface area contributed by atoms with E-state index in [1.165, 1.54) is 16.7 Å². The lowest BCUT2D eigenvalue weighted by atomic mass is 9.99. The first-order chi connectivity index (χ1) is 7.17. The first-order valence-electron chi connectivity index (χ1n) is 5.59. The van der Waals surface area contributed by atoms with Gasteiger partial charge < -0.3 is 5.32 Å². The zero-order valence-corrected chi connectivity index (χ0v) is 10.0. The Labute approximate surface area is 93.2 Å². The molecule has 0 aromatic heterocycles. The Kier molecular flexibility index (Phi) is 4.57. The van der Waals surface area contributed by atoms with E-state index in [9.17, 15) is 0 Å². The summed E-state index contributed by atoms with van der Waals surface area (Å²) in [7, 11) is 0. The molecule has 82 valence electrons. The summed E-state index contributed by atoms with van der Waals surface area (Å²) in [4.78, 5) is 0. The zero-order valence-electron chi connectivity index (χ0n) is 10.0. The summed E-state index contributed by atoms with van der Waals surface area (Å²) in [5.41, 5.74) is 4.11. The molecular formula is C14H21N. The minimum atomic E-state index is 0.385. The predicted molar refractivity (Wildman–Crippen MR) is 67.3 cm³/mol. The van der Waals surface area contributed by atoms with Crippen LogP contribution in [0, 0.1) is 13.8 Å². The molecule has 1 atom stereocenters. The van der Waals surface area contributed by atoms with E-state index in [0.717, 1.165) is 13.0 Å². The summed E-state index contributed by atoms with van der Waals surface area (Å²) in [6.07, 6.45) is 3.02. The van der Waals surface area contributed by atoms with Crippen molar-refractivity contribution in [2.24, 2.45) is 0 Å². The quantitative estimate of drug-likeness (QED) is 0.725. The molecule has 0 aliphatic carbocycles. The number of hydrogen-bond acceptors (Lipinski definition) is 1. The van der Waals surface area contributed by atoms with Crippen molar-refractivity contribution in [1.29, 1.82) is 0 Å². The third-order valence-electron chi connectivity index (χ3n) is 2.70. The van der Waals surface area contributed by atoms with Gasteiger partial charge in [-0.05, 0) is 37.9 Å². The zero-order chi connectivity index (χ0) is 11.3. The van der Waals surface area contributed by atoms with Gasteiger partial charge in [-0.1, -0.05) is 36.8 Å². The molecule has 0 aliphatic heterocycles. The van der Waals surface area contributed by atoms with Crippen LogP contribution in [0.4, 0.5) is 0 Å². The first-order valence-corrected chi connectivity index (χ1v) is 5.59. The standard InChI is InChI=1S/C14H21N/c1-5-14(15-6-2)10-13-9-11(3)7-8-12(13)4/h5,7-9,14-15H,1,6,10H2,2-4H3. The largest absolute Gasteiger partial charge is 0.310 e. The van der Waals surface area contributed by atoms with E-state index in [1.54, 1.807) is 0 Å². The Morgan fingerprint density at radius 1 is 1.40 bits per heavy atom. The maximum Gasteiger partial charge on any atom is 0.0287 e. The van der Waals surface area contributed by atoms with Crippen LogP contribution in [0.15, 0.2) is 30.9 Å². The third-order valence-corrected chi connectivity index (χ3v) is 2.70. The average Bonchev–Trinajstić information content (AvgIpc) is 2.22. The van der Waals surface area contributed by atoms with Gasteiger partial charge in [0.15, 0.2) is 0 Å². The molecular weight excluding hydrogens is 182 g/mol. The van der Waals surface area contributed by atoms with Crippen molar-refractivity contribution in [2.75, 3.05) is 6.54 Å². The van der Waals surface area contributed by atoms with Crippen LogP contribution >= 0.6 is 0 Å². The van der Waals surface area contributed by atoms with Gasteiger partial charge in [-0.3, -0.25) is 0 Å². The Morgan fingerprint density at radius 3 is 2.73 bits per heavy atom. The van der Waals surface area contributed by atoms with Crippen LogP contribution in [-0.2, 0) is 6.42 Å². The fourth-order valence-electron chi connectivity index (χ4n) is 1.76. The van der Waals surface area contributed by atoms with Crippen molar-refractivity contribution in [2.45, 2.75) is 33.2 Å². The van der Waals surface area contributed by atoms with E-state index in [1.807, 2.05) is 6.08 Å². The lowest BCUT2D eigenvalue weighted by Gasteiger charge is -2.15. The van der Waals surface area contributed by atoms with E-state index in [-0.39, 0.29) is 0 Å². The summed E-state index contributed by atoms with van der Waals surface area (Å²) in [5, 5.41) is 3.41. The van der Waals surface area contributed by atoms with Crippen LogP contribution in [0.2, 0.25) is 0 Å². The van der Waals surface area contributed by atoms with Crippen LogP contribution in [-0.4, -0.2) is 12.6 Å². The number of benzene rings is 1. The molecule has 1 aromatic rings. The average molecular weight is 203 g/mol. The number of aryl methyl sites for hydroxylation is 2. The first kappa shape index (κ1) is 12.0. The van der Waals surface area contributed by atoms with Crippen molar-refractivity contribution in [3.63, 3.8) is 0 Å². The molecule has 1 unspecified atom stereocenters. The SMILES string of the molecule is C=CC(Cc1cc(C)ccc1C)NCC. The van der Waals surface area contributed by atoms with Crippen LogP contribution in [0.5, 0.6) is 0 Å². The van der Waals surface area contributed by atoms with E-state index < -0.39 is 0 Å². The highest BCUT2D eigenvalue weighted by Gasteiger charge is 2.05. The van der Waals surface area contributed by atoms with Gasteiger partial charge in [-0.2, -0.15) is 0 Å². The maximum absolute atomic E-state index is 3.87. The van der Waals surface area contributed by atoms with Crippen molar-refractivity contribution < 1.29 is 0 Å². The van der Waals surface area contributed by atoms with Gasteiger partial charge in [0.05, 0.1) is 0 Å². The van der Waals surface area contributed by atoms with E-state index in [2.05, 4.69) is 50.9 Å². The molecule has 1 aromatic carbocycles. The van der Waals surface area contributed by atoms with Gasteiger partial charge in [0, 0.05) is 6.04 Å². The van der Waals surface area contributed by atoms with E-state index in [4.69, 9.17) is 0 Å². The molecule has 0 saturated heterocycles. The highest BCUT2D eigenvalue weighted by atomic mass is 14.9. The molecule has 1 rings (SSSR count). The Bertz CT molecular complexity index is 328. The summed E-state index contributed by atoms with van der Waals surface area (Å²) >= 11 is 0. The predicted octanol–water partition coefficient (Wildman–Crippen LogP) is 3.01. The molecule has 0 fully saturated rings. The van der Waals surface area contributed by atoms with E-state index in [0.29, 0.717) is 6.04 Å². The molecule has 0 saturated carbocycles. The molecule has 0 heterocycles. The highest BCUT2D eigenvalue weighted by molar-refractivity contribution is 5.31. The fourth-order valence-corrected chi connectivity index (χ4v) is 1.76. The molecule has 0 amide bonds. The van der Waals surface area contributed by atoms with Gasteiger partial charge >= 0.3 is 0 Å². The molecule has 1 nitrogen and oxygen atoms in total. The third kappa shape index (κ3) is 3.52. The summed E-state index contributed by atoms with van der Waals surface area (Å²) < 4.78 is 0. The number of nitrogens with one attached hydrogen (secondary N) is 1. The minimum absolute atomic E-state index is 0.385. The number of rotatable bonds is 5. The van der Waals surface area contributed by atoms with Gasteiger partial charge in [0.2, 0.25) is 0 Å². The molecule has 0 bridgehead atoms. The normalized spacial score (nSPS) is 12.5. The van der Waals surface area contributed by atoms with Crippen LogP contribution in [0.3, 0.4) is 0 Å². The second-order valence-corrected chi connectivity index (χ2v) is 4.03. The molecule has 0 radical (unpaired) electrons.